The molecule has 1 fully saturated rings. The Hall–Kier alpha value is -0.730. The molecule has 1 aromatic rings. The minimum absolute atomic E-state index is 0.576. The molecule has 0 atom stereocenters. The minimum atomic E-state index is 0.576. The first-order valence-corrected chi connectivity index (χ1v) is 7.71. The average Bonchev–Trinajstić information content (AvgIpc) is 2.43. The van der Waals surface area contributed by atoms with Crippen molar-refractivity contribution in [3.8, 4) is 0 Å². The van der Waals surface area contributed by atoms with Gasteiger partial charge in [-0.25, -0.2) is 0 Å². The second kappa shape index (κ2) is 6.62. The summed E-state index contributed by atoms with van der Waals surface area (Å²) in [5.74, 6) is 0. The maximum atomic E-state index is 6.13. The smallest absolute Gasteiger partial charge is 0.0637 e. The van der Waals surface area contributed by atoms with Crippen LogP contribution in [0.5, 0.6) is 0 Å². The van der Waals surface area contributed by atoms with Gasteiger partial charge in [0, 0.05) is 13.1 Å². The van der Waals surface area contributed by atoms with E-state index in [9.17, 15) is 0 Å². The summed E-state index contributed by atoms with van der Waals surface area (Å²) in [6.07, 6.45) is 3.96. The van der Waals surface area contributed by atoms with Gasteiger partial charge in [-0.2, -0.15) is 0 Å². The van der Waals surface area contributed by atoms with Gasteiger partial charge >= 0.3 is 0 Å². The summed E-state index contributed by atoms with van der Waals surface area (Å²) in [6.45, 7) is 9.27. The van der Waals surface area contributed by atoms with Crippen molar-refractivity contribution in [3.05, 3.63) is 29.3 Å². The van der Waals surface area contributed by atoms with Crippen molar-refractivity contribution in [2.45, 2.75) is 33.1 Å². The highest BCUT2D eigenvalue weighted by Crippen LogP contribution is 2.33. The van der Waals surface area contributed by atoms with E-state index in [2.05, 4.69) is 24.1 Å². The summed E-state index contributed by atoms with van der Waals surface area (Å²) >= 11 is 6.13. The third-order valence-corrected chi connectivity index (χ3v) is 4.86. The molecule has 2 rings (SSSR count). The van der Waals surface area contributed by atoms with Crippen LogP contribution in [0.15, 0.2) is 24.3 Å². The normalized spacial score (nSPS) is 19.3. The van der Waals surface area contributed by atoms with Crippen molar-refractivity contribution < 1.29 is 0 Å². The summed E-state index contributed by atoms with van der Waals surface area (Å²) < 4.78 is 0. The molecule has 1 aliphatic rings. The van der Waals surface area contributed by atoms with Gasteiger partial charge in [0.1, 0.15) is 0 Å². The zero-order chi connectivity index (χ0) is 13.7. The summed E-state index contributed by atoms with van der Waals surface area (Å²) in [6, 6.07) is 7.94. The monoisotopic (exact) mass is 280 g/mol. The van der Waals surface area contributed by atoms with Crippen molar-refractivity contribution in [2.24, 2.45) is 5.41 Å². The first kappa shape index (κ1) is 14.7. The quantitative estimate of drug-likeness (QED) is 0.867. The SMILES string of the molecule is CCC1(C)CCN(CCNc2ccccc2Cl)CC1. The molecule has 0 radical (unpaired) electrons. The minimum Gasteiger partial charge on any atom is -0.383 e. The molecule has 3 heteroatoms. The first-order chi connectivity index (χ1) is 9.13. The number of para-hydroxylation sites is 1. The molecule has 1 aliphatic heterocycles. The first-order valence-electron chi connectivity index (χ1n) is 7.34. The molecule has 1 saturated heterocycles. The van der Waals surface area contributed by atoms with Crippen LogP contribution in [0.3, 0.4) is 0 Å². The van der Waals surface area contributed by atoms with Crippen molar-refractivity contribution in [1.82, 2.24) is 4.90 Å². The Balaban J connectivity index is 1.72. The van der Waals surface area contributed by atoms with E-state index in [1.807, 2.05) is 24.3 Å². The second-order valence-electron chi connectivity index (χ2n) is 5.91. The number of halogens is 1. The van der Waals surface area contributed by atoms with Crippen molar-refractivity contribution >= 4 is 17.3 Å². The number of hydrogen-bond acceptors (Lipinski definition) is 2. The van der Waals surface area contributed by atoms with Crippen LogP contribution in [0.2, 0.25) is 5.02 Å². The molecule has 1 heterocycles. The van der Waals surface area contributed by atoms with E-state index < -0.39 is 0 Å². The lowest BCUT2D eigenvalue weighted by Gasteiger charge is -2.39. The Bertz CT molecular complexity index is 397. The van der Waals surface area contributed by atoms with E-state index in [1.165, 1.54) is 32.4 Å². The number of benzene rings is 1. The predicted octanol–water partition coefficient (Wildman–Crippen LogP) is 4.26. The van der Waals surface area contributed by atoms with Crippen LogP contribution < -0.4 is 5.32 Å². The van der Waals surface area contributed by atoms with Crippen LogP contribution in [-0.4, -0.2) is 31.1 Å². The van der Waals surface area contributed by atoms with Crippen LogP contribution >= 0.6 is 11.6 Å². The molecule has 0 unspecified atom stereocenters. The number of rotatable bonds is 5. The van der Waals surface area contributed by atoms with E-state index >= 15 is 0 Å². The topological polar surface area (TPSA) is 15.3 Å². The number of piperidine rings is 1. The van der Waals surface area contributed by atoms with Crippen LogP contribution in [0.1, 0.15) is 33.1 Å². The van der Waals surface area contributed by atoms with Gasteiger partial charge in [0.15, 0.2) is 0 Å². The molecule has 0 aliphatic carbocycles. The molecule has 2 nitrogen and oxygen atoms in total. The summed E-state index contributed by atoms with van der Waals surface area (Å²) in [4.78, 5) is 2.56. The third kappa shape index (κ3) is 4.12. The van der Waals surface area contributed by atoms with Crippen molar-refractivity contribution in [3.63, 3.8) is 0 Å². The molecule has 0 amide bonds. The molecule has 0 spiro atoms. The van der Waals surface area contributed by atoms with Gasteiger partial charge in [0.05, 0.1) is 10.7 Å². The Morgan fingerprint density at radius 2 is 1.95 bits per heavy atom. The Morgan fingerprint density at radius 1 is 1.26 bits per heavy atom. The number of likely N-dealkylation sites (tertiary alicyclic amines) is 1. The van der Waals surface area contributed by atoms with Crippen LogP contribution in [-0.2, 0) is 0 Å². The van der Waals surface area contributed by atoms with Gasteiger partial charge in [-0.1, -0.05) is 44.0 Å². The molecule has 19 heavy (non-hydrogen) atoms. The summed E-state index contributed by atoms with van der Waals surface area (Å²) in [7, 11) is 0. The highest BCUT2D eigenvalue weighted by Gasteiger charge is 2.27. The van der Waals surface area contributed by atoms with Gasteiger partial charge in [0.25, 0.3) is 0 Å². The largest absolute Gasteiger partial charge is 0.383 e. The molecule has 1 N–H and O–H groups in total. The molecule has 1 aromatic carbocycles. The zero-order valence-electron chi connectivity index (χ0n) is 12.1. The Labute approximate surface area is 122 Å². The van der Waals surface area contributed by atoms with E-state index in [1.54, 1.807) is 0 Å². The van der Waals surface area contributed by atoms with Crippen LogP contribution in [0.25, 0.3) is 0 Å². The highest BCUT2D eigenvalue weighted by atomic mass is 35.5. The fourth-order valence-electron chi connectivity index (χ4n) is 2.62. The summed E-state index contributed by atoms with van der Waals surface area (Å²) in [5.41, 5.74) is 1.62. The third-order valence-electron chi connectivity index (χ3n) is 4.53. The van der Waals surface area contributed by atoms with Crippen molar-refractivity contribution in [2.75, 3.05) is 31.5 Å². The van der Waals surface area contributed by atoms with E-state index in [0.717, 1.165) is 23.8 Å². The standard InChI is InChI=1S/C16H25ClN2/c1-3-16(2)8-11-19(12-9-16)13-10-18-15-7-5-4-6-14(15)17/h4-7,18H,3,8-13H2,1-2H3. The van der Waals surface area contributed by atoms with Crippen LogP contribution in [0.4, 0.5) is 5.69 Å². The van der Waals surface area contributed by atoms with Gasteiger partial charge in [0.2, 0.25) is 0 Å². The van der Waals surface area contributed by atoms with Gasteiger partial charge in [-0.05, 0) is 43.5 Å². The fraction of sp³-hybridized carbons (Fsp3) is 0.625. The molecule has 0 bridgehead atoms. The number of nitrogens with zero attached hydrogens (tertiary/aromatic N) is 1. The lowest BCUT2D eigenvalue weighted by atomic mass is 9.78. The molecule has 106 valence electrons. The second-order valence-corrected chi connectivity index (χ2v) is 6.32. The highest BCUT2D eigenvalue weighted by molar-refractivity contribution is 6.33. The van der Waals surface area contributed by atoms with Gasteiger partial charge in [-0.3, -0.25) is 0 Å². The number of hydrogen-bond donors (Lipinski definition) is 1. The van der Waals surface area contributed by atoms with Gasteiger partial charge in [-0.15, -0.1) is 0 Å². The lowest BCUT2D eigenvalue weighted by Crippen LogP contribution is -2.40. The molecular weight excluding hydrogens is 256 g/mol. The van der Waals surface area contributed by atoms with E-state index in [4.69, 9.17) is 11.6 Å². The van der Waals surface area contributed by atoms with E-state index in [0.29, 0.717) is 5.41 Å². The number of nitrogens with one attached hydrogen (secondary N) is 1. The van der Waals surface area contributed by atoms with Crippen molar-refractivity contribution in [1.29, 1.82) is 0 Å². The molecule has 0 saturated carbocycles. The lowest BCUT2D eigenvalue weighted by molar-refractivity contribution is 0.118. The molecule has 0 aromatic heterocycles. The number of anilines is 1. The predicted molar refractivity (Wildman–Crippen MR) is 84.0 cm³/mol. The van der Waals surface area contributed by atoms with E-state index in [-0.39, 0.29) is 0 Å². The maximum Gasteiger partial charge on any atom is 0.0637 e. The Morgan fingerprint density at radius 3 is 2.58 bits per heavy atom. The average molecular weight is 281 g/mol. The molecular formula is C16H25ClN2. The summed E-state index contributed by atoms with van der Waals surface area (Å²) in [5, 5.41) is 4.23. The zero-order valence-corrected chi connectivity index (χ0v) is 12.8. The van der Waals surface area contributed by atoms with Gasteiger partial charge < -0.3 is 10.2 Å². The Kier molecular flexibility index (Phi) is 5.12. The van der Waals surface area contributed by atoms with Crippen LogP contribution in [0, 0.1) is 5.41 Å². The maximum absolute atomic E-state index is 6.13. The fourth-order valence-corrected chi connectivity index (χ4v) is 2.83.